The molecule has 1 aliphatic rings. The van der Waals surface area contributed by atoms with Crippen LogP contribution in [0.4, 0.5) is 26.3 Å². The fourth-order valence-corrected chi connectivity index (χ4v) is 4.37. The van der Waals surface area contributed by atoms with E-state index in [1.807, 2.05) is 37.4 Å². The third-order valence-electron chi connectivity index (χ3n) is 6.44. The zero-order chi connectivity index (χ0) is 24.4. The van der Waals surface area contributed by atoms with Gasteiger partial charge in [-0.1, -0.05) is 30.3 Å². The fraction of sp³-hybridized carbons (Fsp3) is 0.458. The highest BCUT2D eigenvalue weighted by molar-refractivity contribution is 5.84. The molecule has 2 aromatic rings. The molecule has 1 unspecified atom stereocenters. The lowest BCUT2D eigenvalue weighted by atomic mass is 9.74. The van der Waals surface area contributed by atoms with Crippen LogP contribution in [0.25, 0.3) is 0 Å². The molecular weight excluding hydrogens is 446 g/mol. The van der Waals surface area contributed by atoms with Crippen LogP contribution in [0, 0.1) is 0 Å². The molecule has 1 aliphatic carbocycles. The van der Waals surface area contributed by atoms with Crippen molar-refractivity contribution in [3.05, 3.63) is 70.8 Å². The topological polar surface area (TPSA) is 41.1 Å². The van der Waals surface area contributed by atoms with Crippen LogP contribution in [0.2, 0.25) is 0 Å². The maximum absolute atomic E-state index is 13.3. The molecule has 1 fully saturated rings. The molecule has 0 aliphatic heterocycles. The lowest BCUT2D eigenvalue weighted by Crippen LogP contribution is -2.51. The van der Waals surface area contributed by atoms with Gasteiger partial charge in [-0.2, -0.15) is 26.3 Å². The Bertz CT molecular complexity index is 931. The van der Waals surface area contributed by atoms with E-state index < -0.39 is 40.8 Å². The van der Waals surface area contributed by atoms with Gasteiger partial charge in [-0.3, -0.25) is 4.79 Å². The summed E-state index contributed by atoms with van der Waals surface area (Å²) in [6.07, 6.45) is -7.22. The van der Waals surface area contributed by atoms with Crippen molar-refractivity contribution in [2.24, 2.45) is 0 Å². The third kappa shape index (κ3) is 5.69. The van der Waals surface area contributed by atoms with Crippen molar-refractivity contribution in [3.63, 3.8) is 0 Å². The molecule has 0 radical (unpaired) electrons. The summed E-state index contributed by atoms with van der Waals surface area (Å²) in [6.45, 7) is 1.32. The van der Waals surface area contributed by atoms with Crippen molar-refractivity contribution in [1.82, 2.24) is 10.6 Å². The first kappa shape index (κ1) is 25.1. The van der Waals surface area contributed by atoms with Crippen molar-refractivity contribution in [1.29, 1.82) is 0 Å². The highest BCUT2D eigenvalue weighted by Gasteiger charge is 2.40. The number of carbonyl (C=O) groups excluding carboxylic acids is 1. The van der Waals surface area contributed by atoms with Crippen LogP contribution in [0.5, 0.6) is 0 Å². The molecule has 0 heterocycles. The molecule has 180 valence electrons. The third-order valence-corrected chi connectivity index (χ3v) is 6.44. The standard InChI is InChI=1S/C24H26F6N2O/c1-15(16-12-18(23(25,26)27)14-19(13-16)24(28,29)30)21(33)32-22(17-6-4-3-5-7-17)10-8-20(31-2)9-11-22/h3-7,12-15,20,31H,8-11H2,1-2H3,(H,32,33). The summed E-state index contributed by atoms with van der Waals surface area (Å²) in [5.41, 5.74) is -3.07. The first-order valence-corrected chi connectivity index (χ1v) is 10.7. The molecule has 3 rings (SSSR count). The van der Waals surface area contributed by atoms with E-state index in [9.17, 15) is 31.1 Å². The van der Waals surface area contributed by atoms with Gasteiger partial charge < -0.3 is 10.6 Å². The summed E-state index contributed by atoms with van der Waals surface area (Å²) in [5.74, 6) is -1.83. The van der Waals surface area contributed by atoms with E-state index in [0.717, 1.165) is 18.4 Å². The molecule has 2 N–H and O–H groups in total. The average Bonchev–Trinajstić information content (AvgIpc) is 2.78. The molecule has 1 saturated carbocycles. The van der Waals surface area contributed by atoms with Crippen LogP contribution >= 0.6 is 0 Å². The van der Waals surface area contributed by atoms with Gasteiger partial charge in [0.05, 0.1) is 22.6 Å². The van der Waals surface area contributed by atoms with Gasteiger partial charge in [0, 0.05) is 6.04 Å². The largest absolute Gasteiger partial charge is 0.416 e. The van der Waals surface area contributed by atoms with Gasteiger partial charge in [-0.05, 0) is 69.0 Å². The molecule has 0 saturated heterocycles. The number of hydrogen-bond donors (Lipinski definition) is 2. The van der Waals surface area contributed by atoms with Crippen LogP contribution in [-0.2, 0) is 22.7 Å². The van der Waals surface area contributed by atoms with Gasteiger partial charge in [-0.15, -0.1) is 0 Å². The molecule has 33 heavy (non-hydrogen) atoms. The minimum absolute atomic E-state index is 0.0681. The van der Waals surface area contributed by atoms with Crippen LogP contribution in [0.15, 0.2) is 48.5 Å². The minimum Gasteiger partial charge on any atom is -0.346 e. The first-order valence-electron chi connectivity index (χ1n) is 10.7. The first-order chi connectivity index (χ1) is 15.4. The number of carbonyl (C=O) groups is 1. The molecule has 0 aromatic heterocycles. The van der Waals surface area contributed by atoms with E-state index in [2.05, 4.69) is 10.6 Å². The molecule has 0 spiro atoms. The predicted octanol–water partition coefficient (Wildman–Crippen LogP) is 6.00. The van der Waals surface area contributed by atoms with E-state index in [-0.39, 0.29) is 17.7 Å². The second kappa shape index (κ2) is 9.37. The molecule has 1 amide bonds. The zero-order valence-corrected chi connectivity index (χ0v) is 18.3. The van der Waals surface area contributed by atoms with Gasteiger partial charge in [-0.25, -0.2) is 0 Å². The number of alkyl halides is 6. The smallest absolute Gasteiger partial charge is 0.346 e. The Hall–Kier alpha value is -2.55. The maximum atomic E-state index is 13.3. The Morgan fingerprint density at radius 2 is 1.45 bits per heavy atom. The lowest BCUT2D eigenvalue weighted by molar-refractivity contribution is -0.143. The van der Waals surface area contributed by atoms with E-state index in [4.69, 9.17) is 0 Å². The summed E-state index contributed by atoms with van der Waals surface area (Å²) >= 11 is 0. The van der Waals surface area contributed by atoms with Crippen molar-refractivity contribution in [3.8, 4) is 0 Å². The highest BCUT2D eigenvalue weighted by Crippen LogP contribution is 2.40. The van der Waals surface area contributed by atoms with E-state index in [1.54, 1.807) is 0 Å². The Morgan fingerprint density at radius 3 is 1.91 bits per heavy atom. The number of nitrogens with one attached hydrogen (secondary N) is 2. The highest BCUT2D eigenvalue weighted by atomic mass is 19.4. The minimum atomic E-state index is -4.97. The number of halogens is 6. The molecule has 3 nitrogen and oxygen atoms in total. The van der Waals surface area contributed by atoms with Crippen molar-refractivity contribution in [2.45, 2.75) is 62.5 Å². The molecule has 0 bridgehead atoms. The average molecular weight is 472 g/mol. The second-order valence-corrected chi connectivity index (χ2v) is 8.56. The van der Waals surface area contributed by atoms with Crippen LogP contribution in [-0.4, -0.2) is 19.0 Å². The molecule has 2 aromatic carbocycles. The number of rotatable bonds is 5. The summed E-state index contributed by atoms with van der Waals surface area (Å²) in [6, 6.07) is 10.8. The van der Waals surface area contributed by atoms with Gasteiger partial charge >= 0.3 is 12.4 Å². The van der Waals surface area contributed by atoms with Crippen molar-refractivity contribution in [2.75, 3.05) is 7.05 Å². The van der Waals surface area contributed by atoms with Crippen molar-refractivity contribution >= 4 is 5.91 Å². The summed E-state index contributed by atoms with van der Waals surface area (Å²) < 4.78 is 79.5. The van der Waals surface area contributed by atoms with Crippen LogP contribution in [0.1, 0.15) is 60.8 Å². The molecular formula is C24H26F6N2O. The number of amides is 1. The number of benzene rings is 2. The van der Waals surface area contributed by atoms with E-state index in [0.29, 0.717) is 25.0 Å². The Balaban J connectivity index is 1.94. The van der Waals surface area contributed by atoms with E-state index >= 15 is 0 Å². The zero-order valence-electron chi connectivity index (χ0n) is 18.3. The number of hydrogen-bond acceptors (Lipinski definition) is 2. The van der Waals surface area contributed by atoms with Gasteiger partial charge in [0.15, 0.2) is 0 Å². The van der Waals surface area contributed by atoms with Gasteiger partial charge in [0.25, 0.3) is 0 Å². The summed E-state index contributed by atoms with van der Waals surface area (Å²) in [7, 11) is 1.85. The van der Waals surface area contributed by atoms with Gasteiger partial charge in [0.1, 0.15) is 0 Å². The van der Waals surface area contributed by atoms with E-state index in [1.165, 1.54) is 6.92 Å². The van der Waals surface area contributed by atoms with Gasteiger partial charge in [0.2, 0.25) is 5.91 Å². The quantitative estimate of drug-likeness (QED) is 0.524. The lowest BCUT2D eigenvalue weighted by Gasteiger charge is -2.42. The summed E-state index contributed by atoms with van der Waals surface area (Å²) in [4.78, 5) is 13.2. The second-order valence-electron chi connectivity index (χ2n) is 8.56. The Kier molecular flexibility index (Phi) is 7.12. The van der Waals surface area contributed by atoms with Crippen molar-refractivity contribution < 1.29 is 31.1 Å². The fourth-order valence-electron chi connectivity index (χ4n) is 4.37. The SMILES string of the molecule is CNC1CCC(NC(=O)C(C)c2cc(C(F)(F)F)cc(C(F)(F)F)c2)(c2ccccc2)CC1. The normalized spacial score (nSPS) is 22.6. The maximum Gasteiger partial charge on any atom is 0.416 e. The predicted molar refractivity (Wildman–Crippen MR) is 112 cm³/mol. The molecule has 9 heteroatoms. The summed E-state index contributed by atoms with van der Waals surface area (Å²) in [5, 5.41) is 6.19. The Labute approximate surface area is 188 Å². The van der Waals surface area contributed by atoms with Crippen LogP contribution in [0.3, 0.4) is 0 Å². The Morgan fingerprint density at radius 1 is 0.939 bits per heavy atom. The molecule has 1 atom stereocenters. The monoisotopic (exact) mass is 472 g/mol. The van der Waals surface area contributed by atoms with Crippen LogP contribution < -0.4 is 10.6 Å².